The molecule has 0 amide bonds. The molecule has 4 aromatic rings. The topological polar surface area (TPSA) is 86.5 Å². The Bertz CT molecular complexity index is 1310. The van der Waals surface area contributed by atoms with Crippen molar-refractivity contribution in [3.8, 4) is 22.6 Å². The number of carboxylic acids is 1. The summed E-state index contributed by atoms with van der Waals surface area (Å²) in [6.45, 7) is 5.39. The van der Waals surface area contributed by atoms with Gasteiger partial charge in [0.2, 0.25) is 0 Å². The first-order chi connectivity index (χ1) is 17.9. The Hall–Kier alpha value is -4.13. The van der Waals surface area contributed by atoms with Gasteiger partial charge in [-0.05, 0) is 54.3 Å². The van der Waals surface area contributed by atoms with Crippen LogP contribution in [0.15, 0.2) is 73.1 Å². The number of carbonyl (C=O) groups is 1. The molecule has 0 radical (unpaired) electrons. The summed E-state index contributed by atoms with van der Waals surface area (Å²) in [7, 11) is 1.76. The third kappa shape index (κ3) is 6.76. The van der Waals surface area contributed by atoms with Gasteiger partial charge < -0.3 is 14.6 Å². The molecule has 1 aromatic heterocycles. The van der Waals surface area contributed by atoms with Gasteiger partial charge in [-0.3, -0.25) is 9.48 Å². The predicted octanol–water partition coefficient (Wildman–Crippen LogP) is 6.16. The van der Waals surface area contributed by atoms with E-state index < -0.39 is 5.97 Å². The maximum absolute atomic E-state index is 11.4. The van der Waals surface area contributed by atoms with Gasteiger partial charge in [0.25, 0.3) is 0 Å². The molecule has 3 aromatic carbocycles. The minimum atomic E-state index is -0.887. The van der Waals surface area contributed by atoms with Gasteiger partial charge in [-0.2, -0.15) is 5.10 Å². The van der Waals surface area contributed by atoms with Gasteiger partial charge in [-0.25, -0.2) is 4.98 Å². The number of aliphatic carboxylic acids is 1. The third-order valence-corrected chi connectivity index (χ3v) is 6.28. The number of benzene rings is 3. The monoisotopic (exact) mass is 499 g/mol. The largest absolute Gasteiger partial charge is 0.493 e. The first kappa shape index (κ1) is 25.9. The number of ether oxygens (including phenoxy) is 2. The lowest BCUT2D eigenvalue weighted by atomic mass is 9.95. The second-order valence-electron chi connectivity index (χ2n) is 9.15. The molecule has 0 bridgehead atoms. The number of carboxylic acid groups (broad SMARTS) is 1. The summed E-state index contributed by atoms with van der Waals surface area (Å²) in [6.07, 6.45) is 3.51. The molecule has 0 fully saturated rings. The van der Waals surface area contributed by atoms with Crippen molar-refractivity contribution in [3.05, 3.63) is 95.6 Å². The molecule has 37 heavy (non-hydrogen) atoms. The quantitative estimate of drug-likeness (QED) is 0.235. The van der Waals surface area contributed by atoms with Crippen LogP contribution in [0.4, 0.5) is 0 Å². The summed E-state index contributed by atoms with van der Waals surface area (Å²) in [6, 6.07) is 22.1. The Morgan fingerprint density at radius 2 is 1.78 bits per heavy atom. The van der Waals surface area contributed by atoms with Crippen LogP contribution in [0, 0.1) is 6.92 Å². The fourth-order valence-electron chi connectivity index (χ4n) is 4.22. The number of aryl methyl sites for hydroxylation is 2. The van der Waals surface area contributed by atoms with Crippen molar-refractivity contribution in [2.45, 2.75) is 45.6 Å². The molecule has 0 unspecified atom stereocenters. The number of hydrogen-bond acceptors (Lipinski definition) is 5. The summed E-state index contributed by atoms with van der Waals surface area (Å²) in [5.41, 5.74) is 5.30. The van der Waals surface area contributed by atoms with Crippen LogP contribution in [-0.4, -0.2) is 32.4 Å². The maximum atomic E-state index is 11.4. The van der Waals surface area contributed by atoms with Crippen molar-refractivity contribution in [2.75, 3.05) is 6.61 Å². The van der Waals surface area contributed by atoms with Gasteiger partial charge in [0.15, 0.2) is 0 Å². The zero-order valence-corrected chi connectivity index (χ0v) is 21.6. The lowest BCUT2D eigenvalue weighted by molar-refractivity contribution is -0.137. The van der Waals surface area contributed by atoms with Crippen LogP contribution in [0.5, 0.6) is 11.5 Å². The highest BCUT2D eigenvalue weighted by atomic mass is 16.5. The Balaban J connectivity index is 1.42. The zero-order chi connectivity index (χ0) is 26.2. The zero-order valence-electron chi connectivity index (χ0n) is 21.6. The van der Waals surface area contributed by atoms with E-state index in [4.69, 9.17) is 9.47 Å². The van der Waals surface area contributed by atoms with Crippen molar-refractivity contribution >= 4 is 5.97 Å². The Labute approximate surface area is 217 Å². The number of nitrogens with zero attached hydrogens (tertiary/aromatic N) is 3. The van der Waals surface area contributed by atoms with Gasteiger partial charge in [-0.15, -0.1) is 0 Å². The van der Waals surface area contributed by atoms with Crippen LogP contribution in [0.3, 0.4) is 0 Å². The Morgan fingerprint density at radius 3 is 2.43 bits per heavy atom. The average molecular weight is 500 g/mol. The SMILES string of the molecule is CCCCOc1ccc(C)cc1-c1ccc(COc2ccc([C@H](CC(=O)O)c3ncnn3C)cc2)cc1. The first-order valence-electron chi connectivity index (χ1n) is 12.6. The summed E-state index contributed by atoms with van der Waals surface area (Å²) >= 11 is 0. The molecule has 7 nitrogen and oxygen atoms in total. The van der Waals surface area contributed by atoms with E-state index in [1.54, 1.807) is 11.7 Å². The highest BCUT2D eigenvalue weighted by molar-refractivity contribution is 5.71. The molecule has 0 aliphatic rings. The van der Waals surface area contributed by atoms with Gasteiger partial charge in [0.1, 0.15) is 30.3 Å². The normalized spacial score (nSPS) is 11.8. The van der Waals surface area contributed by atoms with Crippen molar-refractivity contribution in [1.82, 2.24) is 14.8 Å². The van der Waals surface area contributed by atoms with Crippen LogP contribution in [0.25, 0.3) is 11.1 Å². The van der Waals surface area contributed by atoms with E-state index in [1.807, 2.05) is 30.3 Å². The smallest absolute Gasteiger partial charge is 0.304 e. The number of rotatable bonds is 12. The fraction of sp³-hybridized carbons (Fsp3) is 0.300. The molecular formula is C30H33N3O4. The van der Waals surface area contributed by atoms with Crippen LogP contribution in [-0.2, 0) is 18.4 Å². The van der Waals surface area contributed by atoms with Gasteiger partial charge >= 0.3 is 5.97 Å². The van der Waals surface area contributed by atoms with Gasteiger partial charge in [0, 0.05) is 12.6 Å². The first-order valence-corrected chi connectivity index (χ1v) is 12.6. The van der Waals surface area contributed by atoms with E-state index in [1.165, 1.54) is 11.9 Å². The molecule has 1 atom stereocenters. The number of hydrogen-bond donors (Lipinski definition) is 1. The molecule has 7 heteroatoms. The highest BCUT2D eigenvalue weighted by Gasteiger charge is 2.22. The molecule has 192 valence electrons. The molecule has 0 aliphatic heterocycles. The van der Waals surface area contributed by atoms with Gasteiger partial charge in [-0.1, -0.05) is 61.4 Å². The van der Waals surface area contributed by atoms with Gasteiger partial charge in [0.05, 0.1) is 18.9 Å². The van der Waals surface area contributed by atoms with Crippen LogP contribution in [0.2, 0.25) is 0 Å². The maximum Gasteiger partial charge on any atom is 0.304 e. The summed E-state index contributed by atoms with van der Waals surface area (Å²) in [4.78, 5) is 15.7. The molecule has 0 aliphatic carbocycles. The second-order valence-corrected chi connectivity index (χ2v) is 9.15. The lowest BCUT2D eigenvalue weighted by Gasteiger charge is -2.15. The number of aromatic nitrogens is 3. The highest BCUT2D eigenvalue weighted by Crippen LogP contribution is 2.32. The standard InChI is InChI=1S/C30H33N3O4/c1-4-5-16-36-28-15-6-21(2)17-26(28)23-9-7-22(8-10-23)19-37-25-13-11-24(12-14-25)27(18-29(34)35)30-31-20-32-33(30)3/h6-15,17,20,27H,4-5,16,18-19H2,1-3H3,(H,34,35)/t27-/m0/s1. The van der Waals surface area contributed by atoms with E-state index >= 15 is 0 Å². The minimum absolute atomic E-state index is 0.0641. The van der Waals surface area contributed by atoms with E-state index in [0.29, 0.717) is 24.8 Å². The number of unbranched alkanes of at least 4 members (excludes halogenated alkanes) is 1. The minimum Gasteiger partial charge on any atom is -0.493 e. The summed E-state index contributed by atoms with van der Waals surface area (Å²) in [5.74, 6) is 0.964. The molecule has 0 saturated carbocycles. The fourth-order valence-corrected chi connectivity index (χ4v) is 4.22. The van der Waals surface area contributed by atoms with Crippen molar-refractivity contribution < 1.29 is 19.4 Å². The van der Waals surface area contributed by atoms with Crippen LogP contribution >= 0.6 is 0 Å². The average Bonchev–Trinajstić information content (AvgIpc) is 3.33. The molecule has 1 heterocycles. The Morgan fingerprint density at radius 1 is 1.03 bits per heavy atom. The van der Waals surface area contributed by atoms with E-state index in [0.717, 1.165) is 40.8 Å². The van der Waals surface area contributed by atoms with E-state index in [-0.39, 0.29) is 12.3 Å². The van der Waals surface area contributed by atoms with Crippen LogP contribution in [0.1, 0.15) is 54.6 Å². The summed E-state index contributed by atoms with van der Waals surface area (Å²) < 4.78 is 13.6. The van der Waals surface area contributed by atoms with Crippen LogP contribution < -0.4 is 9.47 Å². The van der Waals surface area contributed by atoms with Crippen molar-refractivity contribution in [1.29, 1.82) is 0 Å². The third-order valence-electron chi connectivity index (χ3n) is 6.28. The van der Waals surface area contributed by atoms with E-state index in [2.05, 4.69) is 60.3 Å². The Kier molecular flexibility index (Phi) is 8.56. The second kappa shape index (κ2) is 12.2. The predicted molar refractivity (Wildman–Crippen MR) is 143 cm³/mol. The van der Waals surface area contributed by atoms with Crippen molar-refractivity contribution in [3.63, 3.8) is 0 Å². The molecule has 4 rings (SSSR count). The molecular weight excluding hydrogens is 466 g/mol. The lowest BCUT2D eigenvalue weighted by Crippen LogP contribution is -2.13. The molecule has 0 spiro atoms. The summed E-state index contributed by atoms with van der Waals surface area (Å²) in [5, 5.41) is 13.5. The van der Waals surface area contributed by atoms with E-state index in [9.17, 15) is 9.90 Å². The molecule has 1 N–H and O–H groups in total. The molecule has 0 saturated heterocycles. The van der Waals surface area contributed by atoms with Crippen molar-refractivity contribution in [2.24, 2.45) is 7.05 Å².